The first kappa shape index (κ1) is 19.7. The topological polar surface area (TPSA) is 81.7 Å². The molecule has 0 saturated heterocycles. The summed E-state index contributed by atoms with van der Waals surface area (Å²) in [4.78, 5) is 35.8. The van der Waals surface area contributed by atoms with Gasteiger partial charge in [-0.15, -0.1) is 0 Å². The minimum Gasteiger partial charge on any atom is -0.467 e. The molecule has 0 radical (unpaired) electrons. The Kier molecular flexibility index (Phi) is 7.42. The number of benzene rings is 1. The Balaban J connectivity index is 2.64. The van der Waals surface area contributed by atoms with Gasteiger partial charge in [-0.1, -0.05) is 38.0 Å². The largest absolute Gasteiger partial charge is 0.467 e. The molecule has 24 heavy (non-hydrogen) atoms. The van der Waals surface area contributed by atoms with Crippen LogP contribution < -0.4 is 5.32 Å². The molecule has 0 aliphatic rings. The summed E-state index contributed by atoms with van der Waals surface area (Å²) in [5, 5.41) is 2.56. The van der Waals surface area contributed by atoms with Crippen LogP contribution in [0.1, 0.15) is 41.8 Å². The van der Waals surface area contributed by atoms with E-state index in [-0.39, 0.29) is 5.92 Å². The zero-order valence-corrected chi connectivity index (χ0v) is 14.8. The Hall–Kier alpha value is -2.37. The summed E-state index contributed by atoms with van der Waals surface area (Å²) in [6, 6.07) is 4.58. The van der Waals surface area contributed by atoms with Crippen molar-refractivity contribution in [1.82, 2.24) is 5.32 Å². The summed E-state index contributed by atoms with van der Waals surface area (Å²) < 4.78 is 9.73. The second-order valence-electron chi connectivity index (χ2n) is 5.85. The third-order valence-corrected chi connectivity index (χ3v) is 3.92. The van der Waals surface area contributed by atoms with Gasteiger partial charge in [0.25, 0.3) is 5.91 Å². The van der Waals surface area contributed by atoms with Crippen LogP contribution in [0.15, 0.2) is 18.2 Å². The molecule has 2 atom stereocenters. The molecule has 1 amide bonds. The molecular formula is C18H25NO5. The van der Waals surface area contributed by atoms with E-state index in [1.165, 1.54) is 7.11 Å². The van der Waals surface area contributed by atoms with Crippen molar-refractivity contribution < 1.29 is 23.9 Å². The van der Waals surface area contributed by atoms with Crippen LogP contribution in [-0.2, 0) is 19.1 Å². The number of nitrogens with one attached hydrogen (secondary N) is 1. The van der Waals surface area contributed by atoms with Gasteiger partial charge in [-0.25, -0.2) is 9.59 Å². The summed E-state index contributed by atoms with van der Waals surface area (Å²) >= 11 is 0. The number of carbonyl (C=O) groups is 3. The smallest absolute Gasteiger partial charge is 0.338 e. The van der Waals surface area contributed by atoms with Gasteiger partial charge >= 0.3 is 11.9 Å². The van der Waals surface area contributed by atoms with Gasteiger partial charge in [-0.2, -0.15) is 0 Å². The lowest BCUT2D eigenvalue weighted by molar-refractivity contribution is -0.147. The van der Waals surface area contributed by atoms with E-state index >= 15 is 0 Å². The number of hydrogen-bond donors (Lipinski definition) is 1. The van der Waals surface area contributed by atoms with E-state index in [0.29, 0.717) is 12.0 Å². The Morgan fingerprint density at radius 3 is 2.42 bits per heavy atom. The van der Waals surface area contributed by atoms with E-state index in [2.05, 4.69) is 5.32 Å². The highest BCUT2D eigenvalue weighted by atomic mass is 16.5. The maximum Gasteiger partial charge on any atom is 0.338 e. The van der Waals surface area contributed by atoms with Crippen molar-refractivity contribution in [2.45, 2.75) is 40.2 Å². The van der Waals surface area contributed by atoms with Crippen LogP contribution in [-0.4, -0.2) is 37.6 Å². The summed E-state index contributed by atoms with van der Waals surface area (Å²) in [7, 11) is 1.27. The number of carbonyl (C=O) groups excluding carboxylic acids is 3. The van der Waals surface area contributed by atoms with Crippen molar-refractivity contribution in [2.24, 2.45) is 5.92 Å². The maximum absolute atomic E-state index is 12.1. The molecule has 1 N–H and O–H groups in total. The molecule has 0 saturated carbocycles. The average molecular weight is 335 g/mol. The first-order valence-electron chi connectivity index (χ1n) is 7.91. The Morgan fingerprint density at radius 1 is 1.21 bits per heavy atom. The Morgan fingerprint density at radius 2 is 1.88 bits per heavy atom. The Labute approximate surface area is 142 Å². The highest BCUT2D eigenvalue weighted by molar-refractivity contribution is 5.93. The fourth-order valence-corrected chi connectivity index (χ4v) is 2.26. The van der Waals surface area contributed by atoms with Crippen LogP contribution in [0.5, 0.6) is 0 Å². The molecular weight excluding hydrogens is 310 g/mol. The van der Waals surface area contributed by atoms with Crippen molar-refractivity contribution in [3.8, 4) is 0 Å². The maximum atomic E-state index is 12.1. The van der Waals surface area contributed by atoms with Gasteiger partial charge in [-0.05, 0) is 31.4 Å². The van der Waals surface area contributed by atoms with Gasteiger partial charge < -0.3 is 14.8 Å². The number of esters is 2. The van der Waals surface area contributed by atoms with Gasteiger partial charge in [0.15, 0.2) is 6.61 Å². The second kappa shape index (κ2) is 9.05. The summed E-state index contributed by atoms with van der Waals surface area (Å²) in [5.41, 5.74) is 2.24. The van der Waals surface area contributed by atoms with Crippen LogP contribution in [0.2, 0.25) is 0 Å². The number of amides is 1. The molecule has 1 rings (SSSR count). The molecule has 1 aromatic rings. The van der Waals surface area contributed by atoms with Crippen LogP contribution >= 0.6 is 0 Å². The quantitative estimate of drug-likeness (QED) is 0.772. The molecule has 1 aromatic carbocycles. The molecule has 0 unspecified atom stereocenters. The third kappa shape index (κ3) is 5.37. The zero-order chi connectivity index (χ0) is 18.3. The third-order valence-electron chi connectivity index (χ3n) is 3.92. The number of methoxy groups -OCH3 is 1. The minimum absolute atomic E-state index is 0.0866. The summed E-state index contributed by atoms with van der Waals surface area (Å²) in [6.45, 7) is 7.03. The lowest BCUT2D eigenvalue weighted by Gasteiger charge is -2.21. The fourth-order valence-electron chi connectivity index (χ4n) is 2.26. The molecule has 0 bridgehead atoms. The van der Waals surface area contributed by atoms with Crippen LogP contribution in [0, 0.1) is 19.8 Å². The number of hydrogen-bond acceptors (Lipinski definition) is 5. The zero-order valence-electron chi connectivity index (χ0n) is 14.8. The van der Waals surface area contributed by atoms with Crippen molar-refractivity contribution >= 4 is 17.8 Å². The second-order valence-corrected chi connectivity index (χ2v) is 5.85. The van der Waals surface area contributed by atoms with Crippen molar-refractivity contribution in [3.05, 3.63) is 34.9 Å². The van der Waals surface area contributed by atoms with Gasteiger partial charge in [0.1, 0.15) is 6.04 Å². The summed E-state index contributed by atoms with van der Waals surface area (Å²) in [6.07, 6.45) is 0.697. The molecule has 0 spiro atoms. The SMILES string of the molecule is CC[C@H](C)[C@@H](NC(=O)COC(=O)c1ccc(C)cc1C)C(=O)OC. The van der Waals surface area contributed by atoms with Crippen LogP contribution in [0.4, 0.5) is 0 Å². The molecule has 0 aliphatic heterocycles. The number of ether oxygens (including phenoxy) is 2. The van der Waals surface area contributed by atoms with Crippen molar-refractivity contribution in [2.75, 3.05) is 13.7 Å². The molecule has 0 aromatic heterocycles. The average Bonchev–Trinajstić information content (AvgIpc) is 2.56. The van der Waals surface area contributed by atoms with E-state index < -0.39 is 30.5 Å². The van der Waals surface area contributed by atoms with Crippen LogP contribution in [0.25, 0.3) is 0 Å². The normalized spacial score (nSPS) is 12.9. The van der Waals surface area contributed by atoms with E-state index in [9.17, 15) is 14.4 Å². The lowest BCUT2D eigenvalue weighted by atomic mass is 9.99. The minimum atomic E-state index is -0.757. The van der Waals surface area contributed by atoms with Crippen molar-refractivity contribution in [1.29, 1.82) is 0 Å². The van der Waals surface area contributed by atoms with Crippen molar-refractivity contribution in [3.63, 3.8) is 0 Å². The molecule has 132 valence electrons. The van der Waals surface area contributed by atoms with Gasteiger partial charge in [0.2, 0.25) is 0 Å². The van der Waals surface area contributed by atoms with Crippen LogP contribution in [0.3, 0.4) is 0 Å². The molecule has 0 fully saturated rings. The van der Waals surface area contributed by atoms with Gasteiger partial charge in [-0.3, -0.25) is 4.79 Å². The van der Waals surface area contributed by atoms with E-state index in [1.54, 1.807) is 19.1 Å². The monoisotopic (exact) mass is 335 g/mol. The highest BCUT2D eigenvalue weighted by Crippen LogP contribution is 2.12. The molecule has 0 heterocycles. The fraction of sp³-hybridized carbons (Fsp3) is 0.500. The standard InChI is InChI=1S/C18H25NO5/c1-6-12(3)16(18(22)23-5)19-15(20)10-24-17(21)14-8-7-11(2)9-13(14)4/h7-9,12,16H,6,10H2,1-5H3,(H,19,20)/t12-,16+/m0/s1. The number of rotatable bonds is 7. The lowest BCUT2D eigenvalue weighted by Crippen LogP contribution is -2.47. The predicted molar refractivity (Wildman–Crippen MR) is 89.6 cm³/mol. The highest BCUT2D eigenvalue weighted by Gasteiger charge is 2.27. The van der Waals surface area contributed by atoms with E-state index in [1.807, 2.05) is 26.8 Å². The Bertz CT molecular complexity index is 611. The van der Waals surface area contributed by atoms with Gasteiger partial charge in [0.05, 0.1) is 12.7 Å². The summed E-state index contributed by atoms with van der Waals surface area (Å²) in [5.74, 6) is -1.71. The van der Waals surface area contributed by atoms with E-state index in [4.69, 9.17) is 9.47 Å². The molecule has 0 aliphatic carbocycles. The first-order chi connectivity index (χ1) is 11.3. The predicted octanol–water partition coefficient (Wildman–Crippen LogP) is 2.16. The first-order valence-corrected chi connectivity index (χ1v) is 7.91. The van der Waals surface area contributed by atoms with E-state index in [0.717, 1.165) is 11.1 Å². The number of aryl methyl sites for hydroxylation is 2. The molecule has 6 heteroatoms. The molecule has 6 nitrogen and oxygen atoms in total. The van der Waals surface area contributed by atoms with Gasteiger partial charge in [0, 0.05) is 0 Å².